The summed E-state index contributed by atoms with van der Waals surface area (Å²) in [4.78, 5) is 25.8. The predicted octanol–water partition coefficient (Wildman–Crippen LogP) is 2.59. The van der Waals surface area contributed by atoms with E-state index in [0.717, 1.165) is 12.8 Å². The third kappa shape index (κ3) is 4.55. The largest absolute Gasteiger partial charge is 0.353 e. The summed E-state index contributed by atoms with van der Waals surface area (Å²) in [5.41, 5.74) is 0.377. The van der Waals surface area contributed by atoms with E-state index in [9.17, 15) is 14.0 Å². The number of rotatable bonds is 4. The van der Waals surface area contributed by atoms with Crippen LogP contribution in [0.1, 0.15) is 43.5 Å². The Kier molecular flexibility index (Phi) is 5.52. The molecule has 5 heteroatoms. The lowest BCUT2D eigenvalue weighted by Crippen LogP contribution is -2.46. The van der Waals surface area contributed by atoms with Crippen molar-refractivity contribution < 1.29 is 14.0 Å². The standard InChI is InChI=1S/C17H23FN2O2/c1-12(2)10-16(21)19-15-6-8-20(9-7-15)17(22)13-4-3-5-14(18)11-13/h3-5,11-12,15H,6-10H2,1-2H3,(H,19,21). The summed E-state index contributed by atoms with van der Waals surface area (Å²) in [6.45, 7) is 5.20. The van der Waals surface area contributed by atoms with Gasteiger partial charge in [-0.15, -0.1) is 0 Å². The summed E-state index contributed by atoms with van der Waals surface area (Å²) in [6, 6.07) is 5.89. The van der Waals surface area contributed by atoms with Crippen molar-refractivity contribution in [3.05, 3.63) is 35.6 Å². The van der Waals surface area contributed by atoms with Crippen molar-refractivity contribution in [3.63, 3.8) is 0 Å². The molecular formula is C17H23FN2O2. The molecule has 0 unspecified atom stereocenters. The van der Waals surface area contributed by atoms with E-state index in [1.165, 1.54) is 12.1 Å². The zero-order valence-corrected chi connectivity index (χ0v) is 13.1. The molecule has 0 radical (unpaired) electrons. The molecule has 1 aliphatic heterocycles. The molecule has 1 fully saturated rings. The van der Waals surface area contributed by atoms with Gasteiger partial charge in [-0.3, -0.25) is 9.59 Å². The summed E-state index contributed by atoms with van der Waals surface area (Å²) in [5, 5.41) is 3.02. The van der Waals surface area contributed by atoms with Gasteiger partial charge in [-0.2, -0.15) is 0 Å². The van der Waals surface area contributed by atoms with E-state index >= 15 is 0 Å². The van der Waals surface area contributed by atoms with Crippen molar-refractivity contribution in [1.82, 2.24) is 10.2 Å². The first-order valence-corrected chi connectivity index (χ1v) is 7.80. The van der Waals surface area contributed by atoms with Gasteiger partial charge in [0.05, 0.1) is 0 Å². The molecule has 0 spiro atoms. The maximum absolute atomic E-state index is 13.2. The van der Waals surface area contributed by atoms with Gasteiger partial charge in [-0.05, 0) is 37.0 Å². The van der Waals surface area contributed by atoms with Crippen molar-refractivity contribution in [2.24, 2.45) is 5.92 Å². The number of nitrogens with one attached hydrogen (secondary N) is 1. The third-order valence-electron chi connectivity index (χ3n) is 3.81. The van der Waals surface area contributed by atoms with Gasteiger partial charge in [0.15, 0.2) is 0 Å². The highest BCUT2D eigenvalue weighted by Gasteiger charge is 2.24. The number of nitrogens with zero attached hydrogens (tertiary/aromatic N) is 1. The molecule has 0 aliphatic carbocycles. The minimum Gasteiger partial charge on any atom is -0.353 e. The van der Waals surface area contributed by atoms with E-state index in [0.29, 0.717) is 31.0 Å². The topological polar surface area (TPSA) is 49.4 Å². The fourth-order valence-electron chi connectivity index (χ4n) is 2.69. The van der Waals surface area contributed by atoms with Gasteiger partial charge in [0.2, 0.25) is 5.91 Å². The molecule has 1 heterocycles. The zero-order chi connectivity index (χ0) is 16.1. The number of benzene rings is 1. The smallest absolute Gasteiger partial charge is 0.253 e. The second-order valence-corrected chi connectivity index (χ2v) is 6.24. The highest BCUT2D eigenvalue weighted by atomic mass is 19.1. The lowest BCUT2D eigenvalue weighted by molar-refractivity contribution is -0.122. The molecule has 1 aliphatic rings. The van der Waals surface area contributed by atoms with E-state index in [-0.39, 0.29) is 17.9 Å². The zero-order valence-electron chi connectivity index (χ0n) is 13.1. The Bertz CT molecular complexity index is 537. The molecule has 22 heavy (non-hydrogen) atoms. The van der Waals surface area contributed by atoms with Gasteiger partial charge in [-0.1, -0.05) is 19.9 Å². The van der Waals surface area contributed by atoms with Gasteiger partial charge in [0, 0.05) is 31.1 Å². The van der Waals surface area contributed by atoms with E-state index in [2.05, 4.69) is 5.32 Å². The molecule has 0 aromatic heterocycles. The van der Waals surface area contributed by atoms with Gasteiger partial charge < -0.3 is 10.2 Å². The molecule has 1 aromatic carbocycles. The second kappa shape index (κ2) is 7.38. The van der Waals surface area contributed by atoms with Crippen molar-refractivity contribution in [2.45, 2.75) is 39.2 Å². The van der Waals surface area contributed by atoms with Crippen LogP contribution >= 0.6 is 0 Å². The fraction of sp³-hybridized carbons (Fsp3) is 0.529. The Morgan fingerprint density at radius 1 is 1.32 bits per heavy atom. The molecule has 2 amide bonds. The van der Waals surface area contributed by atoms with Crippen molar-refractivity contribution >= 4 is 11.8 Å². The molecule has 4 nitrogen and oxygen atoms in total. The number of carbonyl (C=O) groups is 2. The molecule has 1 N–H and O–H groups in total. The third-order valence-corrected chi connectivity index (χ3v) is 3.81. The van der Waals surface area contributed by atoms with Gasteiger partial charge in [0.25, 0.3) is 5.91 Å². The first-order chi connectivity index (χ1) is 10.5. The number of hydrogen-bond acceptors (Lipinski definition) is 2. The molecular weight excluding hydrogens is 283 g/mol. The number of amides is 2. The van der Waals surface area contributed by atoms with E-state index in [4.69, 9.17) is 0 Å². The predicted molar refractivity (Wildman–Crippen MR) is 82.9 cm³/mol. The molecule has 0 saturated carbocycles. The lowest BCUT2D eigenvalue weighted by atomic mass is 10.0. The van der Waals surface area contributed by atoms with Crippen LogP contribution in [0, 0.1) is 11.7 Å². The molecule has 1 aromatic rings. The van der Waals surface area contributed by atoms with Gasteiger partial charge in [-0.25, -0.2) is 4.39 Å². The van der Waals surface area contributed by atoms with Crippen LogP contribution in [-0.4, -0.2) is 35.8 Å². The molecule has 2 rings (SSSR count). The Balaban J connectivity index is 1.84. The molecule has 1 saturated heterocycles. The summed E-state index contributed by atoms with van der Waals surface area (Å²) < 4.78 is 13.2. The average Bonchev–Trinajstić information content (AvgIpc) is 2.46. The van der Waals surface area contributed by atoms with Crippen LogP contribution in [0.2, 0.25) is 0 Å². The van der Waals surface area contributed by atoms with E-state index in [1.54, 1.807) is 17.0 Å². The Morgan fingerprint density at radius 2 is 2.00 bits per heavy atom. The first kappa shape index (κ1) is 16.5. The molecule has 0 atom stereocenters. The lowest BCUT2D eigenvalue weighted by Gasteiger charge is -2.32. The molecule has 0 bridgehead atoms. The van der Waals surface area contributed by atoms with Crippen LogP contribution in [0.15, 0.2) is 24.3 Å². The highest BCUT2D eigenvalue weighted by molar-refractivity contribution is 5.94. The number of piperidine rings is 1. The fourth-order valence-corrected chi connectivity index (χ4v) is 2.69. The monoisotopic (exact) mass is 306 g/mol. The van der Waals surface area contributed by atoms with Crippen molar-refractivity contribution in [3.8, 4) is 0 Å². The van der Waals surface area contributed by atoms with Crippen LogP contribution in [0.4, 0.5) is 4.39 Å². The second-order valence-electron chi connectivity index (χ2n) is 6.24. The quantitative estimate of drug-likeness (QED) is 0.929. The van der Waals surface area contributed by atoms with Crippen LogP contribution in [-0.2, 0) is 4.79 Å². The number of likely N-dealkylation sites (tertiary alicyclic amines) is 1. The summed E-state index contributed by atoms with van der Waals surface area (Å²) in [7, 11) is 0. The van der Waals surface area contributed by atoms with Gasteiger partial charge >= 0.3 is 0 Å². The normalized spacial score (nSPS) is 15.9. The van der Waals surface area contributed by atoms with Crippen LogP contribution in [0.3, 0.4) is 0 Å². The maximum atomic E-state index is 13.2. The Labute approximate surface area is 130 Å². The highest BCUT2D eigenvalue weighted by Crippen LogP contribution is 2.15. The maximum Gasteiger partial charge on any atom is 0.253 e. The summed E-state index contributed by atoms with van der Waals surface area (Å²) in [5.74, 6) is -0.132. The number of carbonyl (C=O) groups excluding carboxylic acids is 2. The first-order valence-electron chi connectivity index (χ1n) is 7.80. The number of halogens is 1. The minimum atomic E-state index is -0.401. The van der Waals surface area contributed by atoms with Crippen LogP contribution in [0.25, 0.3) is 0 Å². The molecule has 120 valence electrons. The van der Waals surface area contributed by atoms with Crippen molar-refractivity contribution in [2.75, 3.05) is 13.1 Å². The summed E-state index contributed by atoms with van der Waals surface area (Å²) in [6.07, 6.45) is 2.01. The Hall–Kier alpha value is -1.91. The van der Waals surface area contributed by atoms with E-state index in [1.807, 2.05) is 13.8 Å². The number of hydrogen-bond donors (Lipinski definition) is 1. The van der Waals surface area contributed by atoms with Crippen LogP contribution < -0.4 is 5.32 Å². The van der Waals surface area contributed by atoms with Crippen LogP contribution in [0.5, 0.6) is 0 Å². The van der Waals surface area contributed by atoms with E-state index < -0.39 is 5.82 Å². The SMILES string of the molecule is CC(C)CC(=O)NC1CCN(C(=O)c2cccc(F)c2)CC1. The van der Waals surface area contributed by atoms with Gasteiger partial charge in [0.1, 0.15) is 5.82 Å². The summed E-state index contributed by atoms with van der Waals surface area (Å²) >= 11 is 0. The average molecular weight is 306 g/mol. The Morgan fingerprint density at radius 3 is 2.59 bits per heavy atom. The minimum absolute atomic E-state index is 0.0740. The van der Waals surface area contributed by atoms with Crippen molar-refractivity contribution in [1.29, 1.82) is 0 Å².